The first kappa shape index (κ1) is 17.1. The summed E-state index contributed by atoms with van der Waals surface area (Å²) in [5.41, 5.74) is -1.29. The molecule has 0 amide bonds. The first-order valence-electron chi connectivity index (χ1n) is 9.47. The second-order valence-electron chi connectivity index (χ2n) is 9.03. The third kappa shape index (κ3) is 1.95. The van der Waals surface area contributed by atoms with Gasteiger partial charge in [-0.15, -0.1) is 0 Å². The minimum Gasteiger partial charge on any atom is -0.390 e. The first-order valence-corrected chi connectivity index (χ1v) is 9.47. The number of hydrogen-bond acceptors (Lipinski definition) is 3. The molecule has 6 atom stereocenters. The number of ketones is 2. The van der Waals surface area contributed by atoms with Crippen LogP contribution in [-0.2, 0) is 9.59 Å². The van der Waals surface area contributed by atoms with Gasteiger partial charge in [-0.2, -0.15) is 0 Å². The second-order valence-corrected chi connectivity index (χ2v) is 9.03. The topological polar surface area (TPSA) is 54.4 Å². The number of aliphatic hydroxyl groups is 1. The number of fused-ring (bicyclic) bond motifs is 5. The first-order chi connectivity index (χ1) is 11.6. The van der Waals surface area contributed by atoms with E-state index >= 15 is 4.39 Å². The standard InChI is InChI=1S/C21H27FO3/c1-12(23)15-6-7-16-17-5-4-13-10-14(24)8-9-20(13,3)21(17,22)18(25)11-19(15,16)2/h6,10,16-18,25H,4-5,7-9,11H2,1-3H3/t16-,17-,18+,19+,20-,21-/m0/s1. The Hall–Kier alpha value is -1.29. The Bertz CT molecular complexity index is 723. The van der Waals surface area contributed by atoms with Crippen LogP contribution in [0.25, 0.3) is 0 Å². The van der Waals surface area contributed by atoms with Crippen molar-refractivity contribution in [2.24, 2.45) is 22.7 Å². The van der Waals surface area contributed by atoms with Crippen molar-refractivity contribution < 1.29 is 19.1 Å². The number of Topliss-reactive ketones (excluding diaryl/α,β-unsaturated/α-hetero) is 1. The van der Waals surface area contributed by atoms with Gasteiger partial charge < -0.3 is 5.11 Å². The minimum atomic E-state index is -1.72. The molecule has 2 saturated carbocycles. The summed E-state index contributed by atoms with van der Waals surface area (Å²) in [6, 6.07) is 0. The quantitative estimate of drug-likeness (QED) is 0.787. The van der Waals surface area contributed by atoms with Crippen LogP contribution in [-0.4, -0.2) is 28.4 Å². The molecule has 4 heteroatoms. The zero-order valence-electron chi connectivity index (χ0n) is 15.3. The third-order valence-electron chi connectivity index (χ3n) is 8.00. The van der Waals surface area contributed by atoms with Crippen molar-refractivity contribution in [3.05, 3.63) is 23.3 Å². The van der Waals surface area contributed by atoms with Gasteiger partial charge in [0.2, 0.25) is 0 Å². The third-order valence-corrected chi connectivity index (χ3v) is 8.00. The molecule has 4 aliphatic rings. The van der Waals surface area contributed by atoms with Crippen LogP contribution in [0.1, 0.15) is 59.3 Å². The fraction of sp³-hybridized carbons (Fsp3) is 0.714. The lowest BCUT2D eigenvalue weighted by molar-refractivity contribution is -0.200. The molecular formula is C21H27FO3. The molecule has 0 aromatic carbocycles. The van der Waals surface area contributed by atoms with E-state index in [2.05, 4.69) is 0 Å². The fourth-order valence-corrected chi connectivity index (χ4v) is 6.69. The van der Waals surface area contributed by atoms with E-state index in [9.17, 15) is 14.7 Å². The predicted molar refractivity (Wildman–Crippen MR) is 92.6 cm³/mol. The lowest BCUT2D eigenvalue weighted by Crippen LogP contribution is -2.67. The summed E-state index contributed by atoms with van der Waals surface area (Å²) in [4.78, 5) is 23.9. The van der Waals surface area contributed by atoms with Crippen LogP contribution in [0.2, 0.25) is 0 Å². The van der Waals surface area contributed by atoms with Gasteiger partial charge in [-0.25, -0.2) is 4.39 Å². The zero-order valence-corrected chi connectivity index (χ0v) is 15.3. The molecule has 0 aromatic heterocycles. The molecule has 0 heterocycles. The monoisotopic (exact) mass is 346 g/mol. The summed E-state index contributed by atoms with van der Waals surface area (Å²) in [5, 5.41) is 11.0. The number of carbonyl (C=O) groups is 2. The van der Waals surface area contributed by atoms with Crippen LogP contribution >= 0.6 is 0 Å². The number of rotatable bonds is 1. The van der Waals surface area contributed by atoms with Gasteiger partial charge in [0.1, 0.15) is 5.67 Å². The Morgan fingerprint density at radius 3 is 2.68 bits per heavy atom. The normalized spacial score (nSPS) is 48.8. The van der Waals surface area contributed by atoms with Crippen LogP contribution in [0.5, 0.6) is 0 Å². The highest BCUT2D eigenvalue weighted by molar-refractivity contribution is 5.95. The van der Waals surface area contributed by atoms with E-state index < -0.39 is 22.6 Å². The number of alkyl halides is 1. The summed E-state index contributed by atoms with van der Waals surface area (Å²) < 4.78 is 16.7. The Kier molecular flexibility index (Phi) is 3.51. The van der Waals surface area contributed by atoms with E-state index in [-0.39, 0.29) is 29.8 Å². The number of hydrogen-bond donors (Lipinski definition) is 1. The molecule has 25 heavy (non-hydrogen) atoms. The molecular weight excluding hydrogens is 319 g/mol. The van der Waals surface area contributed by atoms with Gasteiger partial charge in [0.05, 0.1) is 6.10 Å². The molecule has 4 aliphatic carbocycles. The number of halogens is 1. The van der Waals surface area contributed by atoms with Crippen molar-refractivity contribution >= 4 is 11.6 Å². The number of aliphatic hydroxyl groups excluding tert-OH is 1. The van der Waals surface area contributed by atoms with Crippen LogP contribution in [0.4, 0.5) is 4.39 Å². The largest absolute Gasteiger partial charge is 0.390 e. The molecule has 1 N–H and O–H groups in total. The molecule has 136 valence electrons. The Morgan fingerprint density at radius 1 is 1.28 bits per heavy atom. The van der Waals surface area contributed by atoms with Crippen molar-refractivity contribution in [1.82, 2.24) is 0 Å². The lowest BCUT2D eigenvalue weighted by Gasteiger charge is -2.62. The van der Waals surface area contributed by atoms with E-state index in [1.54, 1.807) is 13.0 Å². The van der Waals surface area contributed by atoms with Crippen LogP contribution in [0.15, 0.2) is 23.3 Å². The maximum absolute atomic E-state index is 16.7. The van der Waals surface area contributed by atoms with Crippen molar-refractivity contribution in [3.8, 4) is 0 Å². The molecule has 0 spiro atoms. The summed E-state index contributed by atoms with van der Waals surface area (Å²) in [6.45, 7) is 5.50. The molecule has 0 aliphatic heterocycles. The van der Waals surface area contributed by atoms with Gasteiger partial charge >= 0.3 is 0 Å². The van der Waals surface area contributed by atoms with Gasteiger partial charge in [0, 0.05) is 23.2 Å². The SMILES string of the molecule is CC(=O)C1=CC[C@H]2[C@@H]3CCC4=CC(=O)CC[C@]4(C)[C@@]3(F)[C@H](O)C[C@]12C. The fourth-order valence-electron chi connectivity index (χ4n) is 6.69. The van der Waals surface area contributed by atoms with E-state index in [1.165, 1.54) is 0 Å². The van der Waals surface area contributed by atoms with E-state index in [0.717, 1.165) is 11.1 Å². The Balaban J connectivity index is 1.80. The van der Waals surface area contributed by atoms with Crippen LogP contribution in [0.3, 0.4) is 0 Å². The Morgan fingerprint density at radius 2 is 2.00 bits per heavy atom. The number of carbonyl (C=O) groups excluding carboxylic acids is 2. The van der Waals surface area contributed by atoms with Gasteiger partial charge in [-0.1, -0.05) is 25.5 Å². The Labute approximate surface area is 148 Å². The molecule has 0 saturated heterocycles. The molecule has 0 radical (unpaired) electrons. The van der Waals surface area contributed by atoms with Crippen LogP contribution < -0.4 is 0 Å². The summed E-state index contributed by atoms with van der Waals surface area (Å²) in [6.07, 6.45) is 5.67. The minimum absolute atomic E-state index is 0.0365. The van der Waals surface area contributed by atoms with Gasteiger partial charge in [0.25, 0.3) is 0 Å². The molecule has 3 nitrogen and oxygen atoms in total. The van der Waals surface area contributed by atoms with Gasteiger partial charge in [0.15, 0.2) is 11.6 Å². The highest BCUT2D eigenvalue weighted by Gasteiger charge is 2.69. The van der Waals surface area contributed by atoms with Gasteiger partial charge in [-0.3, -0.25) is 9.59 Å². The lowest BCUT2D eigenvalue weighted by atomic mass is 9.44. The molecule has 0 aromatic rings. The van der Waals surface area contributed by atoms with Crippen molar-refractivity contribution in [1.29, 1.82) is 0 Å². The summed E-state index contributed by atoms with van der Waals surface area (Å²) in [7, 11) is 0. The van der Waals surface area contributed by atoms with Crippen molar-refractivity contribution in [3.63, 3.8) is 0 Å². The smallest absolute Gasteiger partial charge is 0.156 e. The van der Waals surface area contributed by atoms with E-state index in [0.29, 0.717) is 32.1 Å². The van der Waals surface area contributed by atoms with Crippen LogP contribution in [0, 0.1) is 22.7 Å². The highest BCUT2D eigenvalue weighted by atomic mass is 19.1. The molecule has 4 rings (SSSR count). The van der Waals surface area contributed by atoms with Crippen molar-refractivity contribution in [2.75, 3.05) is 0 Å². The molecule has 0 unspecified atom stereocenters. The van der Waals surface area contributed by atoms with Crippen molar-refractivity contribution in [2.45, 2.75) is 71.1 Å². The second kappa shape index (κ2) is 5.12. The maximum atomic E-state index is 16.7. The van der Waals surface area contributed by atoms with E-state index in [1.807, 2.05) is 19.9 Å². The zero-order chi connectivity index (χ0) is 18.2. The maximum Gasteiger partial charge on any atom is 0.156 e. The highest BCUT2D eigenvalue weighted by Crippen LogP contribution is 2.68. The van der Waals surface area contributed by atoms with Gasteiger partial charge in [-0.05, 0) is 56.6 Å². The average molecular weight is 346 g/mol. The summed E-state index contributed by atoms with van der Waals surface area (Å²) in [5.74, 6) is -0.110. The average Bonchev–Trinajstić information content (AvgIpc) is 2.87. The predicted octanol–water partition coefficient (Wildman–Crippen LogP) is 3.71. The molecule has 2 fully saturated rings. The van der Waals surface area contributed by atoms with E-state index in [4.69, 9.17) is 0 Å². The summed E-state index contributed by atoms with van der Waals surface area (Å²) >= 11 is 0. The molecule has 0 bridgehead atoms. The number of allylic oxidation sites excluding steroid dienone is 4.